The lowest BCUT2D eigenvalue weighted by Gasteiger charge is -2.28. The summed E-state index contributed by atoms with van der Waals surface area (Å²) in [5, 5.41) is 7.40. The van der Waals surface area contributed by atoms with Crippen LogP contribution in [0.15, 0.2) is 29.2 Å². The third kappa shape index (κ3) is 3.39. The highest BCUT2D eigenvalue weighted by Crippen LogP contribution is 2.40. The van der Waals surface area contributed by atoms with Crippen LogP contribution >= 0.6 is 23.1 Å². The lowest BCUT2D eigenvalue weighted by molar-refractivity contribution is 0.0934. The van der Waals surface area contributed by atoms with E-state index in [4.69, 9.17) is 4.74 Å². The number of benzene rings is 1. The molecule has 27 heavy (non-hydrogen) atoms. The number of thioether (sulfide) groups is 1. The summed E-state index contributed by atoms with van der Waals surface area (Å²) in [5.41, 5.74) is 2.80. The first kappa shape index (κ1) is 18.2. The zero-order valence-corrected chi connectivity index (χ0v) is 16.8. The van der Waals surface area contributed by atoms with E-state index in [1.807, 2.05) is 18.4 Å². The van der Waals surface area contributed by atoms with Gasteiger partial charge in [0.25, 0.3) is 5.91 Å². The highest BCUT2D eigenvalue weighted by molar-refractivity contribution is 7.98. The topological polar surface area (TPSA) is 70.7 Å². The third-order valence-electron chi connectivity index (χ3n) is 4.81. The Bertz CT molecular complexity index is 879. The van der Waals surface area contributed by atoms with Crippen LogP contribution in [0.25, 0.3) is 0 Å². The number of thiophene rings is 1. The lowest BCUT2D eigenvalue weighted by Crippen LogP contribution is -2.39. The van der Waals surface area contributed by atoms with Crippen LogP contribution in [0, 0.1) is 0 Å². The standard InChI is InChI=1S/C19H21N3O3S2/c1-3-25-19(24)22-9-8-13-14(10-22)27-18-15(13)17(23)20-16(21-18)11-4-6-12(26-2)7-5-11/h4-7,16,21H,3,8-10H2,1-2H3,(H,20,23)/t16-/m1/s1. The fourth-order valence-corrected chi connectivity index (χ4v) is 5.15. The van der Waals surface area contributed by atoms with Crippen molar-refractivity contribution in [1.29, 1.82) is 0 Å². The van der Waals surface area contributed by atoms with Gasteiger partial charge in [-0.2, -0.15) is 0 Å². The van der Waals surface area contributed by atoms with Crippen LogP contribution in [0.3, 0.4) is 0 Å². The zero-order valence-electron chi connectivity index (χ0n) is 15.2. The maximum absolute atomic E-state index is 12.8. The van der Waals surface area contributed by atoms with E-state index < -0.39 is 0 Å². The first-order valence-electron chi connectivity index (χ1n) is 8.88. The van der Waals surface area contributed by atoms with Crippen molar-refractivity contribution >= 4 is 40.1 Å². The van der Waals surface area contributed by atoms with E-state index in [0.29, 0.717) is 26.1 Å². The number of hydrogen-bond donors (Lipinski definition) is 2. The summed E-state index contributed by atoms with van der Waals surface area (Å²) in [7, 11) is 0. The van der Waals surface area contributed by atoms with Gasteiger partial charge < -0.3 is 20.3 Å². The van der Waals surface area contributed by atoms with Gasteiger partial charge in [0.1, 0.15) is 11.2 Å². The molecule has 6 nitrogen and oxygen atoms in total. The Kier molecular flexibility index (Phi) is 5.01. The number of ether oxygens (including phenoxy) is 1. The number of nitrogens with one attached hydrogen (secondary N) is 2. The molecule has 1 aromatic carbocycles. The number of anilines is 1. The highest BCUT2D eigenvalue weighted by Gasteiger charge is 2.34. The zero-order chi connectivity index (χ0) is 19.0. The molecular formula is C19H21N3O3S2. The summed E-state index contributed by atoms with van der Waals surface area (Å²) in [6.07, 6.45) is 2.17. The van der Waals surface area contributed by atoms with E-state index in [-0.39, 0.29) is 18.2 Å². The molecule has 0 spiro atoms. The summed E-state index contributed by atoms with van der Waals surface area (Å²) in [4.78, 5) is 28.7. The fourth-order valence-electron chi connectivity index (χ4n) is 3.45. The minimum absolute atomic E-state index is 0.0511. The molecule has 1 atom stereocenters. The molecule has 0 bridgehead atoms. The molecule has 0 unspecified atom stereocenters. The van der Waals surface area contributed by atoms with Crippen molar-refractivity contribution < 1.29 is 14.3 Å². The number of nitrogens with zero attached hydrogens (tertiary/aromatic N) is 1. The maximum Gasteiger partial charge on any atom is 0.410 e. The van der Waals surface area contributed by atoms with Crippen molar-refractivity contribution in [2.45, 2.75) is 31.0 Å². The molecular weight excluding hydrogens is 382 g/mol. The second-order valence-electron chi connectivity index (χ2n) is 6.40. The van der Waals surface area contributed by atoms with E-state index in [2.05, 4.69) is 22.8 Å². The summed E-state index contributed by atoms with van der Waals surface area (Å²) in [6, 6.07) is 8.18. The Morgan fingerprint density at radius 2 is 2.11 bits per heavy atom. The number of amides is 2. The quantitative estimate of drug-likeness (QED) is 0.762. The van der Waals surface area contributed by atoms with Crippen molar-refractivity contribution in [1.82, 2.24) is 10.2 Å². The largest absolute Gasteiger partial charge is 0.450 e. The monoisotopic (exact) mass is 403 g/mol. The predicted octanol–water partition coefficient (Wildman–Crippen LogP) is 3.84. The minimum Gasteiger partial charge on any atom is -0.450 e. The molecule has 0 saturated carbocycles. The third-order valence-corrected chi connectivity index (χ3v) is 6.70. The van der Waals surface area contributed by atoms with Gasteiger partial charge in [-0.3, -0.25) is 4.79 Å². The van der Waals surface area contributed by atoms with Gasteiger partial charge in [0.15, 0.2) is 0 Å². The molecule has 2 N–H and O–H groups in total. The predicted molar refractivity (Wildman–Crippen MR) is 108 cm³/mol. The van der Waals surface area contributed by atoms with Crippen molar-refractivity contribution in [3.05, 3.63) is 45.8 Å². The smallest absolute Gasteiger partial charge is 0.410 e. The summed E-state index contributed by atoms with van der Waals surface area (Å²) < 4.78 is 5.11. The van der Waals surface area contributed by atoms with Crippen LogP contribution in [0.4, 0.5) is 9.80 Å². The second-order valence-corrected chi connectivity index (χ2v) is 8.39. The Labute approximate surface area is 166 Å². The van der Waals surface area contributed by atoms with Crippen LogP contribution in [-0.2, 0) is 17.7 Å². The summed E-state index contributed by atoms with van der Waals surface area (Å²) >= 11 is 3.25. The highest BCUT2D eigenvalue weighted by atomic mass is 32.2. The normalized spacial score (nSPS) is 18.2. The first-order valence-corrected chi connectivity index (χ1v) is 10.9. The molecule has 0 fully saturated rings. The average Bonchev–Trinajstić information content (AvgIpc) is 3.06. The van der Waals surface area contributed by atoms with Gasteiger partial charge in [-0.25, -0.2) is 4.79 Å². The SMILES string of the molecule is CCOC(=O)N1CCc2c(sc3c2C(=O)N[C@@H](c2ccc(SC)cc2)N3)C1. The number of rotatable bonds is 3. The summed E-state index contributed by atoms with van der Waals surface area (Å²) in [5.74, 6) is -0.0511. The van der Waals surface area contributed by atoms with Crippen LogP contribution in [0.1, 0.15) is 39.5 Å². The van der Waals surface area contributed by atoms with Gasteiger partial charge in [0.05, 0.1) is 18.7 Å². The van der Waals surface area contributed by atoms with Gasteiger partial charge in [0.2, 0.25) is 0 Å². The lowest BCUT2D eigenvalue weighted by atomic mass is 10.0. The molecule has 0 saturated heterocycles. The molecule has 2 aromatic rings. The first-order chi connectivity index (χ1) is 13.1. The van der Waals surface area contributed by atoms with E-state index >= 15 is 0 Å². The molecule has 1 aromatic heterocycles. The van der Waals surface area contributed by atoms with Crippen LogP contribution in [0.5, 0.6) is 0 Å². The van der Waals surface area contributed by atoms with E-state index in [1.54, 1.807) is 34.9 Å². The number of fused-ring (bicyclic) bond motifs is 3. The molecule has 8 heteroatoms. The van der Waals surface area contributed by atoms with E-state index in [9.17, 15) is 9.59 Å². The van der Waals surface area contributed by atoms with Crippen molar-refractivity contribution in [2.75, 3.05) is 24.7 Å². The average molecular weight is 404 g/mol. The minimum atomic E-state index is -0.293. The molecule has 142 valence electrons. The second kappa shape index (κ2) is 7.44. The number of carbonyl (C=O) groups is 2. The van der Waals surface area contributed by atoms with E-state index in [0.717, 1.165) is 26.6 Å². The molecule has 0 aliphatic carbocycles. The number of carbonyl (C=O) groups excluding carboxylic acids is 2. The summed E-state index contributed by atoms with van der Waals surface area (Å²) in [6.45, 7) is 3.23. The number of hydrogen-bond acceptors (Lipinski definition) is 6. The maximum atomic E-state index is 12.8. The van der Waals surface area contributed by atoms with Crippen molar-refractivity contribution in [2.24, 2.45) is 0 Å². The molecule has 2 aliphatic rings. The van der Waals surface area contributed by atoms with Gasteiger partial charge in [-0.05, 0) is 42.9 Å². The molecule has 2 amide bonds. The van der Waals surface area contributed by atoms with Gasteiger partial charge in [0, 0.05) is 16.3 Å². The Balaban J connectivity index is 1.57. The molecule has 3 heterocycles. The molecule has 4 rings (SSSR count). The van der Waals surface area contributed by atoms with Gasteiger partial charge in [-0.1, -0.05) is 12.1 Å². The van der Waals surface area contributed by atoms with E-state index in [1.165, 1.54) is 4.90 Å². The Morgan fingerprint density at radius 1 is 1.33 bits per heavy atom. The van der Waals surface area contributed by atoms with Crippen LogP contribution in [0.2, 0.25) is 0 Å². The Hall–Kier alpha value is -2.19. The van der Waals surface area contributed by atoms with Crippen LogP contribution < -0.4 is 10.6 Å². The molecule has 2 aliphatic heterocycles. The van der Waals surface area contributed by atoms with Crippen molar-refractivity contribution in [3.63, 3.8) is 0 Å². The van der Waals surface area contributed by atoms with Crippen molar-refractivity contribution in [3.8, 4) is 0 Å². The van der Waals surface area contributed by atoms with Crippen LogP contribution in [-0.4, -0.2) is 36.3 Å². The van der Waals surface area contributed by atoms with Gasteiger partial charge >= 0.3 is 6.09 Å². The molecule has 0 radical (unpaired) electrons. The fraction of sp³-hybridized carbons (Fsp3) is 0.368. The Morgan fingerprint density at radius 3 is 2.81 bits per heavy atom. The van der Waals surface area contributed by atoms with Gasteiger partial charge in [-0.15, -0.1) is 23.1 Å².